The standard InChI is InChI=1S/C11H13ClN4/c1-8-3-2-4-16(7-8)10-5-9(6-13)14-11(12)15-10/h5,8H,2-4,7H2,1H3/t8-/m1/s1. The quantitative estimate of drug-likeness (QED) is 0.702. The van der Waals surface area contributed by atoms with Crippen LogP contribution in [-0.2, 0) is 0 Å². The molecule has 1 aromatic heterocycles. The van der Waals surface area contributed by atoms with E-state index in [9.17, 15) is 0 Å². The van der Waals surface area contributed by atoms with Crippen LogP contribution in [0.5, 0.6) is 0 Å². The highest BCUT2D eigenvalue weighted by atomic mass is 35.5. The van der Waals surface area contributed by atoms with E-state index < -0.39 is 0 Å². The summed E-state index contributed by atoms with van der Waals surface area (Å²) in [6, 6.07) is 3.69. The molecule has 1 saturated heterocycles. The summed E-state index contributed by atoms with van der Waals surface area (Å²) in [4.78, 5) is 10.2. The first-order valence-corrected chi connectivity index (χ1v) is 5.76. The van der Waals surface area contributed by atoms with Crippen molar-refractivity contribution in [2.75, 3.05) is 18.0 Å². The van der Waals surface area contributed by atoms with E-state index in [0.717, 1.165) is 25.3 Å². The van der Waals surface area contributed by atoms with Crippen LogP contribution in [-0.4, -0.2) is 23.1 Å². The maximum atomic E-state index is 8.82. The lowest BCUT2D eigenvalue weighted by Crippen LogP contribution is -2.34. The van der Waals surface area contributed by atoms with Crippen LogP contribution in [0.4, 0.5) is 5.82 Å². The van der Waals surface area contributed by atoms with Crippen molar-refractivity contribution in [1.82, 2.24) is 9.97 Å². The van der Waals surface area contributed by atoms with Gasteiger partial charge in [0.05, 0.1) is 0 Å². The molecule has 16 heavy (non-hydrogen) atoms. The summed E-state index contributed by atoms with van der Waals surface area (Å²) in [7, 11) is 0. The van der Waals surface area contributed by atoms with E-state index in [-0.39, 0.29) is 5.28 Å². The summed E-state index contributed by atoms with van der Waals surface area (Å²) in [5.74, 6) is 1.43. The highest BCUT2D eigenvalue weighted by molar-refractivity contribution is 6.28. The molecule has 1 aliphatic rings. The predicted octanol–water partition coefficient (Wildman–Crippen LogP) is 2.24. The number of anilines is 1. The van der Waals surface area contributed by atoms with Gasteiger partial charge in [0.25, 0.3) is 0 Å². The average Bonchev–Trinajstić information content (AvgIpc) is 2.28. The molecule has 2 heterocycles. The van der Waals surface area contributed by atoms with Gasteiger partial charge in [-0.3, -0.25) is 0 Å². The monoisotopic (exact) mass is 236 g/mol. The van der Waals surface area contributed by atoms with Gasteiger partial charge in [-0.2, -0.15) is 5.26 Å². The van der Waals surface area contributed by atoms with E-state index in [0.29, 0.717) is 11.6 Å². The number of hydrogen-bond donors (Lipinski definition) is 0. The van der Waals surface area contributed by atoms with Crippen molar-refractivity contribution < 1.29 is 0 Å². The van der Waals surface area contributed by atoms with Gasteiger partial charge in [0.2, 0.25) is 5.28 Å². The van der Waals surface area contributed by atoms with Crippen molar-refractivity contribution in [2.45, 2.75) is 19.8 Å². The Labute approximate surface area is 99.9 Å². The van der Waals surface area contributed by atoms with Crippen molar-refractivity contribution in [3.63, 3.8) is 0 Å². The second kappa shape index (κ2) is 4.67. The molecule has 0 unspecified atom stereocenters. The molecule has 0 aliphatic carbocycles. The fraction of sp³-hybridized carbons (Fsp3) is 0.545. The van der Waals surface area contributed by atoms with Crippen LogP contribution in [0.2, 0.25) is 5.28 Å². The smallest absolute Gasteiger partial charge is 0.225 e. The summed E-state index contributed by atoms with van der Waals surface area (Å²) >= 11 is 5.78. The Morgan fingerprint density at radius 1 is 1.56 bits per heavy atom. The molecule has 0 aromatic carbocycles. The molecule has 2 rings (SSSR count). The molecule has 4 nitrogen and oxygen atoms in total. The van der Waals surface area contributed by atoms with Gasteiger partial charge in [-0.1, -0.05) is 6.92 Å². The molecule has 0 saturated carbocycles. The van der Waals surface area contributed by atoms with Gasteiger partial charge < -0.3 is 4.90 Å². The minimum absolute atomic E-state index is 0.146. The molecule has 84 valence electrons. The molecule has 0 N–H and O–H groups in total. The van der Waals surface area contributed by atoms with E-state index in [4.69, 9.17) is 16.9 Å². The molecule has 5 heteroatoms. The van der Waals surface area contributed by atoms with Gasteiger partial charge in [-0.25, -0.2) is 9.97 Å². The first-order valence-electron chi connectivity index (χ1n) is 5.38. The maximum absolute atomic E-state index is 8.82. The van der Waals surface area contributed by atoms with E-state index in [1.54, 1.807) is 6.07 Å². The van der Waals surface area contributed by atoms with Gasteiger partial charge in [0, 0.05) is 19.2 Å². The third kappa shape index (κ3) is 2.42. The molecular formula is C11H13ClN4. The summed E-state index contributed by atoms with van der Waals surface area (Å²) in [5.41, 5.74) is 0.327. The molecule has 1 aromatic rings. The summed E-state index contributed by atoms with van der Waals surface area (Å²) in [5, 5.41) is 8.97. The average molecular weight is 237 g/mol. The topological polar surface area (TPSA) is 52.8 Å². The molecule has 1 atom stereocenters. The molecule has 0 amide bonds. The Morgan fingerprint density at radius 3 is 3.06 bits per heavy atom. The maximum Gasteiger partial charge on any atom is 0.225 e. The van der Waals surface area contributed by atoms with E-state index in [1.807, 2.05) is 6.07 Å². The Morgan fingerprint density at radius 2 is 2.38 bits per heavy atom. The van der Waals surface area contributed by atoms with E-state index in [1.165, 1.54) is 6.42 Å². The lowest BCUT2D eigenvalue weighted by atomic mass is 10.0. The highest BCUT2D eigenvalue weighted by Crippen LogP contribution is 2.22. The molecule has 1 fully saturated rings. The zero-order valence-corrected chi connectivity index (χ0v) is 9.91. The minimum Gasteiger partial charge on any atom is -0.356 e. The first-order chi connectivity index (χ1) is 7.69. The number of aromatic nitrogens is 2. The first kappa shape index (κ1) is 11.2. The van der Waals surface area contributed by atoms with Crippen molar-refractivity contribution in [1.29, 1.82) is 5.26 Å². The Hall–Kier alpha value is -1.34. The molecule has 0 spiro atoms. The summed E-state index contributed by atoms with van der Waals surface area (Å²) in [6.07, 6.45) is 2.41. The zero-order chi connectivity index (χ0) is 11.5. The van der Waals surface area contributed by atoms with Crippen molar-refractivity contribution in [3.05, 3.63) is 17.0 Å². The van der Waals surface area contributed by atoms with Crippen molar-refractivity contribution in [2.24, 2.45) is 5.92 Å². The highest BCUT2D eigenvalue weighted by Gasteiger charge is 2.18. The van der Waals surface area contributed by atoms with Crippen LogP contribution in [0.15, 0.2) is 6.07 Å². The molecule has 0 bridgehead atoms. The lowest BCUT2D eigenvalue weighted by Gasteiger charge is -2.31. The molecule has 1 aliphatic heterocycles. The van der Waals surface area contributed by atoms with Gasteiger partial charge in [-0.05, 0) is 30.4 Å². The number of piperidine rings is 1. The van der Waals surface area contributed by atoms with Crippen molar-refractivity contribution in [3.8, 4) is 6.07 Å². The third-order valence-corrected chi connectivity index (χ3v) is 2.95. The van der Waals surface area contributed by atoms with Crippen LogP contribution >= 0.6 is 11.6 Å². The minimum atomic E-state index is 0.146. The van der Waals surface area contributed by atoms with Crippen LogP contribution in [0.25, 0.3) is 0 Å². The van der Waals surface area contributed by atoms with E-state index in [2.05, 4.69) is 21.8 Å². The molecular weight excluding hydrogens is 224 g/mol. The normalized spacial score (nSPS) is 20.6. The number of rotatable bonds is 1. The fourth-order valence-corrected chi connectivity index (χ4v) is 2.20. The van der Waals surface area contributed by atoms with Gasteiger partial charge in [0.15, 0.2) is 0 Å². The number of nitriles is 1. The summed E-state index contributed by atoms with van der Waals surface area (Å²) in [6.45, 7) is 4.17. The lowest BCUT2D eigenvalue weighted by molar-refractivity contribution is 0.444. The van der Waals surface area contributed by atoms with E-state index >= 15 is 0 Å². The predicted molar refractivity (Wildman–Crippen MR) is 62.4 cm³/mol. The Bertz CT molecular complexity index is 426. The van der Waals surface area contributed by atoms with Gasteiger partial charge in [-0.15, -0.1) is 0 Å². The second-order valence-electron chi connectivity index (χ2n) is 4.19. The van der Waals surface area contributed by atoms with Crippen LogP contribution in [0.3, 0.4) is 0 Å². The van der Waals surface area contributed by atoms with Crippen molar-refractivity contribution >= 4 is 17.4 Å². The number of nitrogens with zero attached hydrogens (tertiary/aromatic N) is 4. The van der Waals surface area contributed by atoms with Gasteiger partial charge in [0.1, 0.15) is 17.6 Å². The summed E-state index contributed by atoms with van der Waals surface area (Å²) < 4.78 is 0. The zero-order valence-electron chi connectivity index (χ0n) is 9.15. The Kier molecular flexibility index (Phi) is 3.25. The van der Waals surface area contributed by atoms with Gasteiger partial charge >= 0.3 is 0 Å². The largest absolute Gasteiger partial charge is 0.356 e. The fourth-order valence-electron chi connectivity index (χ4n) is 2.02. The number of hydrogen-bond acceptors (Lipinski definition) is 4. The Balaban J connectivity index is 2.26. The second-order valence-corrected chi connectivity index (χ2v) is 4.52. The molecule has 0 radical (unpaired) electrons. The van der Waals surface area contributed by atoms with Crippen LogP contribution in [0.1, 0.15) is 25.5 Å². The van der Waals surface area contributed by atoms with Crippen LogP contribution < -0.4 is 4.90 Å². The third-order valence-electron chi connectivity index (χ3n) is 2.78. The number of halogens is 1. The van der Waals surface area contributed by atoms with Crippen LogP contribution in [0, 0.1) is 17.2 Å². The SMILES string of the molecule is C[C@@H]1CCCN(c2cc(C#N)nc(Cl)n2)C1.